The zero-order chi connectivity index (χ0) is 9.12. The van der Waals surface area contributed by atoms with Crippen LogP contribution < -0.4 is 0 Å². The fraction of sp³-hybridized carbons (Fsp3) is 1.00. The van der Waals surface area contributed by atoms with Crippen LogP contribution in [0.3, 0.4) is 0 Å². The van der Waals surface area contributed by atoms with Gasteiger partial charge in [0.15, 0.2) is 0 Å². The van der Waals surface area contributed by atoms with Gasteiger partial charge in [-0.25, -0.2) is 0 Å². The topological polar surface area (TPSA) is 0 Å². The van der Waals surface area contributed by atoms with Crippen LogP contribution in [0.5, 0.6) is 0 Å². The van der Waals surface area contributed by atoms with Gasteiger partial charge in [-0.15, -0.1) is 0 Å². The molecule has 0 bridgehead atoms. The highest BCUT2D eigenvalue weighted by molar-refractivity contribution is 4.79. The molecule has 0 aromatic carbocycles. The maximum absolute atomic E-state index is 12.3. The van der Waals surface area contributed by atoms with E-state index in [0.29, 0.717) is 6.42 Å². The summed E-state index contributed by atoms with van der Waals surface area (Å²) in [6.45, 7) is 4.65. The van der Waals surface area contributed by atoms with Gasteiger partial charge < -0.3 is 0 Å². The summed E-state index contributed by atoms with van der Waals surface area (Å²) in [6, 6.07) is 0. The number of alkyl halides is 3. The minimum Gasteiger partial charge on any atom is -0.171 e. The van der Waals surface area contributed by atoms with Crippen LogP contribution in [0.15, 0.2) is 0 Å². The fourth-order valence-corrected chi connectivity index (χ4v) is 1.07. The molecular formula is C8H15F3. The SMILES string of the molecule is CCC[C@](C)(CC)C(F)(F)F. The van der Waals surface area contributed by atoms with E-state index in [1.165, 1.54) is 6.92 Å². The van der Waals surface area contributed by atoms with Crippen LogP contribution in [0.25, 0.3) is 0 Å². The van der Waals surface area contributed by atoms with Crippen LogP contribution in [0.1, 0.15) is 40.0 Å². The lowest BCUT2D eigenvalue weighted by atomic mass is 9.82. The molecule has 0 aromatic rings. The average molecular weight is 168 g/mol. The normalized spacial score (nSPS) is 18.0. The van der Waals surface area contributed by atoms with E-state index in [4.69, 9.17) is 0 Å². The van der Waals surface area contributed by atoms with Gasteiger partial charge in [0.1, 0.15) is 0 Å². The molecule has 0 aliphatic carbocycles. The third-order valence-corrected chi connectivity index (χ3v) is 2.27. The Kier molecular flexibility index (Phi) is 3.39. The molecule has 0 spiro atoms. The molecule has 0 N–H and O–H groups in total. The number of rotatable bonds is 3. The minimum absolute atomic E-state index is 0.171. The molecule has 0 radical (unpaired) electrons. The third-order valence-electron chi connectivity index (χ3n) is 2.27. The lowest BCUT2D eigenvalue weighted by Gasteiger charge is -2.30. The molecule has 11 heavy (non-hydrogen) atoms. The third kappa shape index (κ3) is 2.38. The van der Waals surface area contributed by atoms with Crippen molar-refractivity contribution in [3.8, 4) is 0 Å². The fourth-order valence-electron chi connectivity index (χ4n) is 1.07. The Morgan fingerprint density at radius 1 is 1.09 bits per heavy atom. The molecular weight excluding hydrogens is 153 g/mol. The average Bonchev–Trinajstić information content (AvgIpc) is 1.86. The molecule has 0 amide bonds. The molecule has 0 aromatic heterocycles. The Hall–Kier alpha value is -0.210. The van der Waals surface area contributed by atoms with Gasteiger partial charge in [-0.05, 0) is 12.8 Å². The summed E-state index contributed by atoms with van der Waals surface area (Å²) >= 11 is 0. The monoisotopic (exact) mass is 168 g/mol. The summed E-state index contributed by atoms with van der Waals surface area (Å²) in [6.07, 6.45) is -3.06. The van der Waals surface area contributed by atoms with E-state index >= 15 is 0 Å². The van der Waals surface area contributed by atoms with E-state index < -0.39 is 11.6 Å². The van der Waals surface area contributed by atoms with Crippen LogP contribution in [0.2, 0.25) is 0 Å². The quantitative estimate of drug-likeness (QED) is 0.601. The Morgan fingerprint density at radius 3 is 1.64 bits per heavy atom. The van der Waals surface area contributed by atoms with Crippen molar-refractivity contribution in [1.82, 2.24) is 0 Å². The molecule has 0 unspecified atom stereocenters. The van der Waals surface area contributed by atoms with Crippen molar-refractivity contribution in [2.75, 3.05) is 0 Å². The van der Waals surface area contributed by atoms with Crippen LogP contribution in [-0.4, -0.2) is 6.18 Å². The van der Waals surface area contributed by atoms with Crippen LogP contribution in [0.4, 0.5) is 13.2 Å². The minimum atomic E-state index is -4.04. The standard InChI is InChI=1S/C8H15F3/c1-4-6-7(3,5-2)8(9,10)11/h4-6H2,1-3H3/t7-/m0/s1. The Balaban J connectivity index is 4.33. The van der Waals surface area contributed by atoms with Crippen LogP contribution >= 0.6 is 0 Å². The lowest BCUT2D eigenvalue weighted by molar-refractivity contribution is -0.221. The van der Waals surface area contributed by atoms with Gasteiger partial charge >= 0.3 is 6.18 Å². The smallest absolute Gasteiger partial charge is 0.171 e. The Labute approximate surface area is 65.8 Å². The molecule has 0 saturated carbocycles. The van der Waals surface area contributed by atoms with Crippen molar-refractivity contribution in [1.29, 1.82) is 0 Å². The number of hydrogen-bond donors (Lipinski definition) is 0. The first-order valence-electron chi connectivity index (χ1n) is 3.94. The Morgan fingerprint density at radius 2 is 1.55 bits per heavy atom. The zero-order valence-corrected chi connectivity index (χ0v) is 7.26. The van der Waals surface area contributed by atoms with Gasteiger partial charge in [0, 0.05) is 0 Å². The molecule has 0 aliphatic heterocycles. The summed E-state index contributed by atoms with van der Waals surface area (Å²) in [5, 5.41) is 0. The van der Waals surface area contributed by atoms with Crippen molar-refractivity contribution in [3.05, 3.63) is 0 Å². The maximum atomic E-state index is 12.3. The van der Waals surface area contributed by atoms with Crippen molar-refractivity contribution in [3.63, 3.8) is 0 Å². The van der Waals surface area contributed by atoms with E-state index in [9.17, 15) is 13.2 Å². The second-order valence-corrected chi connectivity index (χ2v) is 3.16. The maximum Gasteiger partial charge on any atom is 0.394 e. The number of halogens is 3. The van der Waals surface area contributed by atoms with Crippen molar-refractivity contribution in [2.45, 2.75) is 46.2 Å². The van der Waals surface area contributed by atoms with Gasteiger partial charge in [0.05, 0.1) is 5.41 Å². The summed E-state index contributed by atoms with van der Waals surface area (Å²) in [7, 11) is 0. The molecule has 0 rings (SSSR count). The van der Waals surface area contributed by atoms with E-state index in [0.717, 1.165) is 0 Å². The zero-order valence-electron chi connectivity index (χ0n) is 7.26. The highest BCUT2D eigenvalue weighted by Gasteiger charge is 2.48. The molecule has 0 heterocycles. The second kappa shape index (κ2) is 3.46. The largest absolute Gasteiger partial charge is 0.394 e. The van der Waals surface area contributed by atoms with Gasteiger partial charge in [-0.2, -0.15) is 13.2 Å². The van der Waals surface area contributed by atoms with E-state index in [1.54, 1.807) is 13.8 Å². The second-order valence-electron chi connectivity index (χ2n) is 3.16. The molecule has 3 heteroatoms. The van der Waals surface area contributed by atoms with Gasteiger partial charge in [0.2, 0.25) is 0 Å². The number of hydrogen-bond acceptors (Lipinski definition) is 0. The predicted octanol–water partition coefficient (Wildman–Crippen LogP) is 3.77. The van der Waals surface area contributed by atoms with Gasteiger partial charge in [-0.3, -0.25) is 0 Å². The van der Waals surface area contributed by atoms with Crippen LogP contribution in [-0.2, 0) is 0 Å². The summed E-state index contributed by atoms with van der Waals surface area (Å²) in [5.41, 5.74) is -1.47. The Bertz CT molecular complexity index is 117. The highest BCUT2D eigenvalue weighted by Crippen LogP contribution is 2.43. The molecule has 68 valence electrons. The first-order valence-corrected chi connectivity index (χ1v) is 3.94. The van der Waals surface area contributed by atoms with E-state index in [2.05, 4.69) is 0 Å². The molecule has 0 nitrogen and oxygen atoms in total. The molecule has 0 fully saturated rings. The van der Waals surface area contributed by atoms with E-state index in [-0.39, 0.29) is 12.8 Å². The first kappa shape index (κ1) is 10.8. The van der Waals surface area contributed by atoms with Crippen molar-refractivity contribution >= 4 is 0 Å². The predicted molar refractivity (Wildman–Crippen MR) is 39.4 cm³/mol. The highest BCUT2D eigenvalue weighted by atomic mass is 19.4. The van der Waals surface area contributed by atoms with Crippen molar-refractivity contribution in [2.24, 2.45) is 5.41 Å². The summed E-state index contributed by atoms with van der Waals surface area (Å²) in [5.74, 6) is 0. The molecule has 0 saturated heterocycles. The van der Waals surface area contributed by atoms with Gasteiger partial charge in [0.25, 0.3) is 0 Å². The summed E-state index contributed by atoms with van der Waals surface area (Å²) < 4.78 is 36.9. The molecule has 0 aliphatic rings. The van der Waals surface area contributed by atoms with Gasteiger partial charge in [-0.1, -0.05) is 27.2 Å². The summed E-state index contributed by atoms with van der Waals surface area (Å²) in [4.78, 5) is 0. The molecule has 1 atom stereocenters. The lowest BCUT2D eigenvalue weighted by Crippen LogP contribution is -2.34. The van der Waals surface area contributed by atoms with Crippen LogP contribution in [0, 0.1) is 5.41 Å². The van der Waals surface area contributed by atoms with E-state index in [1.807, 2.05) is 0 Å². The first-order chi connectivity index (χ1) is 4.87. The van der Waals surface area contributed by atoms with Crippen molar-refractivity contribution < 1.29 is 13.2 Å².